The number of ether oxygens (including phenoxy) is 2. The van der Waals surface area contributed by atoms with Crippen LogP contribution in [0.25, 0.3) is 0 Å². The lowest BCUT2D eigenvalue weighted by molar-refractivity contribution is -0.000534. The van der Waals surface area contributed by atoms with Crippen LogP contribution in [0.1, 0.15) is 79.6 Å². The molecule has 6 heteroatoms. The summed E-state index contributed by atoms with van der Waals surface area (Å²) in [6.07, 6.45) is 7.87. The molecule has 0 aliphatic carbocycles. The lowest BCUT2D eigenvalue weighted by Gasteiger charge is -2.34. The van der Waals surface area contributed by atoms with Crippen LogP contribution in [-0.4, -0.2) is 53.5 Å². The molecule has 0 saturated carbocycles. The Kier molecular flexibility index (Phi) is 13.0. The predicted octanol–water partition coefficient (Wildman–Crippen LogP) is 4.96. The van der Waals surface area contributed by atoms with E-state index < -0.39 is 8.80 Å². The van der Waals surface area contributed by atoms with Crippen LogP contribution < -0.4 is 0 Å². The van der Waals surface area contributed by atoms with E-state index in [1.807, 2.05) is 0 Å². The first-order valence-electron chi connectivity index (χ1n) is 10.8. The minimum absolute atomic E-state index is 0.1000. The second-order valence-corrected chi connectivity index (χ2v) is 9.91. The highest BCUT2D eigenvalue weighted by atomic mass is 28.4. The van der Waals surface area contributed by atoms with Crippen molar-refractivity contribution in [1.29, 1.82) is 0 Å². The molecule has 1 aliphatic rings. The second kappa shape index (κ2) is 14.1. The smallest absolute Gasteiger partial charge is 0.375 e. The fraction of sp³-hybridized carbons (Fsp3) is 1.00. The Hall–Kier alpha value is 0.0169. The molecule has 0 amide bonds. The third-order valence-corrected chi connectivity index (χ3v) is 7.57. The quantitative estimate of drug-likeness (QED) is 0.188. The normalized spacial score (nSPS) is 19.5. The third-order valence-electron chi connectivity index (χ3n) is 4.57. The predicted molar refractivity (Wildman–Crippen MR) is 108 cm³/mol. The van der Waals surface area contributed by atoms with Crippen molar-refractivity contribution in [2.75, 3.05) is 26.4 Å². The minimum atomic E-state index is -2.77. The topological polar surface area (TPSA) is 49.5 Å². The van der Waals surface area contributed by atoms with Crippen molar-refractivity contribution >= 4 is 8.80 Å². The fourth-order valence-electron chi connectivity index (χ4n) is 2.80. The van der Waals surface area contributed by atoms with Crippen LogP contribution in [0.4, 0.5) is 0 Å². The molecule has 0 aromatic carbocycles. The third kappa shape index (κ3) is 10.4. The Bertz CT molecular complexity index is 328. The van der Waals surface area contributed by atoms with Gasteiger partial charge in [0.2, 0.25) is 0 Å². The summed E-state index contributed by atoms with van der Waals surface area (Å²) in [5.74, 6) is 0. The van der Waals surface area contributed by atoms with E-state index in [2.05, 4.69) is 34.6 Å². The molecule has 1 fully saturated rings. The molecule has 1 rings (SSSR count). The molecule has 26 heavy (non-hydrogen) atoms. The zero-order chi connectivity index (χ0) is 19.3. The molecule has 0 aromatic rings. The Labute approximate surface area is 162 Å². The van der Waals surface area contributed by atoms with Crippen LogP contribution in [0, 0.1) is 0 Å². The average molecular weight is 391 g/mol. The SMILES string of the molecule is CCCCO[Si](CC(CC)OCC1CO1)(OCCCC)OC(C)CCC. The Morgan fingerprint density at radius 3 is 2.08 bits per heavy atom. The first kappa shape index (κ1) is 24.1. The van der Waals surface area contributed by atoms with Gasteiger partial charge >= 0.3 is 8.80 Å². The maximum Gasteiger partial charge on any atom is 0.503 e. The molecule has 3 atom stereocenters. The van der Waals surface area contributed by atoms with Gasteiger partial charge in [0.05, 0.1) is 19.3 Å². The number of epoxide rings is 1. The molecule has 5 nitrogen and oxygen atoms in total. The molecule has 0 radical (unpaired) electrons. The molecular weight excluding hydrogens is 348 g/mol. The Balaban J connectivity index is 2.78. The van der Waals surface area contributed by atoms with Crippen molar-refractivity contribution in [2.45, 2.75) is 104 Å². The van der Waals surface area contributed by atoms with Crippen molar-refractivity contribution < 1.29 is 22.8 Å². The van der Waals surface area contributed by atoms with E-state index in [0.717, 1.165) is 57.6 Å². The van der Waals surface area contributed by atoms with E-state index in [1.165, 1.54) is 0 Å². The molecule has 1 aliphatic heterocycles. The molecule has 1 saturated heterocycles. The van der Waals surface area contributed by atoms with Crippen molar-refractivity contribution in [1.82, 2.24) is 0 Å². The summed E-state index contributed by atoms with van der Waals surface area (Å²) >= 11 is 0. The summed E-state index contributed by atoms with van der Waals surface area (Å²) in [4.78, 5) is 0. The number of hydrogen-bond acceptors (Lipinski definition) is 5. The maximum absolute atomic E-state index is 6.51. The van der Waals surface area contributed by atoms with E-state index in [9.17, 15) is 0 Å². The summed E-state index contributed by atoms with van der Waals surface area (Å²) in [5.41, 5.74) is 0. The number of rotatable bonds is 18. The molecule has 3 unspecified atom stereocenters. The summed E-state index contributed by atoms with van der Waals surface area (Å²) in [6, 6.07) is 0.734. The highest BCUT2D eigenvalue weighted by molar-refractivity contribution is 6.61. The van der Waals surface area contributed by atoms with Crippen molar-refractivity contribution in [2.24, 2.45) is 0 Å². The summed E-state index contributed by atoms with van der Waals surface area (Å²) in [6.45, 7) is 13.7. The lowest BCUT2D eigenvalue weighted by atomic mass is 10.2. The lowest BCUT2D eigenvalue weighted by Crippen LogP contribution is -2.51. The van der Waals surface area contributed by atoms with Crippen molar-refractivity contribution in [3.05, 3.63) is 0 Å². The van der Waals surface area contributed by atoms with Gasteiger partial charge in [-0.3, -0.25) is 0 Å². The van der Waals surface area contributed by atoms with Gasteiger partial charge in [-0.25, -0.2) is 0 Å². The zero-order valence-electron chi connectivity index (χ0n) is 17.8. The van der Waals surface area contributed by atoms with Crippen molar-refractivity contribution in [3.8, 4) is 0 Å². The van der Waals surface area contributed by atoms with E-state index in [0.29, 0.717) is 19.8 Å². The van der Waals surface area contributed by atoms with Crippen LogP contribution in [0.2, 0.25) is 6.04 Å². The molecule has 0 bridgehead atoms. The van der Waals surface area contributed by atoms with Gasteiger partial charge in [0.1, 0.15) is 6.10 Å². The highest BCUT2D eigenvalue weighted by Crippen LogP contribution is 2.26. The summed E-state index contributed by atoms with van der Waals surface area (Å²) in [7, 11) is -2.77. The van der Waals surface area contributed by atoms with Gasteiger partial charge in [0, 0.05) is 25.4 Å². The van der Waals surface area contributed by atoms with Gasteiger partial charge in [0.15, 0.2) is 0 Å². The van der Waals surface area contributed by atoms with Crippen LogP contribution in [0.15, 0.2) is 0 Å². The van der Waals surface area contributed by atoms with Gasteiger partial charge in [-0.1, -0.05) is 47.0 Å². The Morgan fingerprint density at radius 2 is 1.62 bits per heavy atom. The van der Waals surface area contributed by atoms with Gasteiger partial charge in [-0.05, 0) is 32.6 Å². The molecule has 0 spiro atoms. The van der Waals surface area contributed by atoms with E-state index in [1.54, 1.807) is 0 Å². The minimum Gasteiger partial charge on any atom is -0.375 e. The Morgan fingerprint density at radius 1 is 1.00 bits per heavy atom. The van der Waals surface area contributed by atoms with E-state index in [-0.39, 0.29) is 18.3 Å². The second-order valence-electron chi connectivity index (χ2n) is 7.33. The van der Waals surface area contributed by atoms with Gasteiger partial charge in [-0.2, -0.15) is 0 Å². The molecular formula is C20H42O5Si. The molecule has 0 aromatic heterocycles. The summed E-state index contributed by atoms with van der Waals surface area (Å²) in [5, 5.41) is 0. The highest BCUT2D eigenvalue weighted by Gasteiger charge is 2.45. The van der Waals surface area contributed by atoms with Gasteiger partial charge in [0.25, 0.3) is 0 Å². The fourth-order valence-corrected chi connectivity index (χ4v) is 5.96. The number of unbranched alkanes of at least 4 members (excludes halogenated alkanes) is 2. The number of hydrogen-bond donors (Lipinski definition) is 0. The molecule has 1 heterocycles. The maximum atomic E-state index is 6.51. The van der Waals surface area contributed by atoms with Crippen LogP contribution in [0.3, 0.4) is 0 Å². The van der Waals surface area contributed by atoms with Crippen LogP contribution in [-0.2, 0) is 22.8 Å². The molecule has 0 N–H and O–H groups in total. The average Bonchev–Trinajstić information content (AvgIpc) is 3.43. The van der Waals surface area contributed by atoms with Crippen molar-refractivity contribution in [3.63, 3.8) is 0 Å². The van der Waals surface area contributed by atoms with Gasteiger partial charge < -0.3 is 22.8 Å². The van der Waals surface area contributed by atoms with Crippen LogP contribution >= 0.6 is 0 Å². The first-order chi connectivity index (χ1) is 12.6. The first-order valence-corrected chi connectivity index (χ1v) is 12.7. The van der Waals surface area contributed by atoms with E-state index in [4.69, 9.17) is 22.8 Å². The standard InChI is InChI=1S/C20H42O5Si/c1-6-10-13-23-26(24-14-11-7-2,25-18(5)12-8-3)17-19(9-4)21-15-20-16-22-20/h18-20H,6-17H2,1-5H3. The zero-order valence-corrected chi connectivity index (χ0v) is 18.8. The summed E-state index contributed by atoms with van der Waals surface area (Å²) < 4.78 is 30.6. The van der Waals surface area contributed by atoms with E-state index >= 15 is 0 Å². The molecule has 156 valence electrons. The van der Waals surface area contributed by atoms with Gasteiger partial charge in [-0.15, -0.1) is 0 Å². The largest absolute Gasteiger partial charge is 0.503 e. The monoisotopic (exact) mass is 390 g/mol. The van der Waals surface area contributed by atoms with Crippen LogP contribution in [0.5, 0.6) is 0 Å².